The summed E-state index contributed by atoms with van der Waals surface area (Å²) in [4.78, 5) is 29.9. The molecule has 8 nitrogen and oxygen atoms in total. The van der Waals surface area contributed by atoms with Gasteiger partial charge in [-0.2, -0.15) is 8.42 Å². The summed E-state index contributed by atoms with van der Waals surface area (Å²) in [6, 6.07) is 0.178. The first-order chi connectivity index (χ1) is 11.3. The average molecular weight is 375 g/mol. The van der Waals surface area contributed by atoms with Crippen LogP contribution in [0.5, 0.6) is 0 Å². The van der Waals surface area contributed by atoms with Crippen LogP contribution >= 0.6 is 11.6 Å². The quantitative estimate of drug-likeness (QED) is 0.834. The zero-order valence-electron chi connectivity index (χ0n) is 13.2. The molecule has 0 radical (unpaired) electrons. The zero-order chi connectivity index (χ0) is 17.5. The largest absolute Gasteiger partial charge is 0.339 e. The third kappa shape index (κ3) is 3.14. The lowest BCUT2D eigenvalue weighted by atomic mass is 10.1. The fourth-order valence-electron chi connectivity index (χ4n) is 3.31. The molecule has 1 aromatic rings. The number of halogens is 1. The normalized spacial score (nSPS) is 22.3. The Labute approximate surface area is 145 Å². The second kappa shape index (κ2) is 6.36. The summed E-state index contributed by atoms with van der Waals surface area (Å²) >= 11 is 5.88. The highest BCUT2D eigenvalue weighted by Crippen LogP contribution is 2.29. The Balaban J connectivity index is 1.69. The Hall–Kier alpha value is -1.61. The van der Waals surface area contributed by atoms with Gasteiger partial charge in [0.25, 0.3) is 10.0 Å². The van der Waals surface area contributed by atoms with Crippen LogP contribution in [0.4, 0.5) is 0 Å². The zero-order valence-corrected chi connectivity index (χ0v) is 14.8. The lowest BCUT2D eigenvalue weighted by molar-refractivity contribution is -0.130. The van der Waals surface area contributed by atoms with Crippen molar-refractivity contribution in [2.45, 2.75) is 43.2 Å². The van der Waals surface area contributed by atoms with E-state index in [0.29, 0.717) is 0 Å². The topological polar surface area (TPSA) is 101 Å². The van der Waals surface area contributed by atoms with Crippen molar-refractivity contribution >= 4 is 33.4 Å². The minimum atomic E-state index is -4.15. The van der Waals surface area contributed by atoms with E-state index in [9.17, 15) is 18.0 Å². The molecule has 1 N–H and O–H groups in total. The van der Waals surface area contributed by atoms with Gasteiger partial charge in [0.05, 0.1) is 12.2 Å². The second-order valence-electron chi connectivity index (χ2n) is 6.31. The monoisotopic (exact) mass is 374 g/mol. The van der Waals surface area contributed by atoms with Crippen LogP contribution in [0.1, 0.15) is 32.1 Å². The minimum absolute atomic E-state index is 0.0355. The lowest BCUT2D eigenvalue weighted by Crippen LogP contribution is -2.39. The van der Waals surface area contributed by atoms with Gasteiger partial charge in [-0.25, -0.2) is 9.71 Å². The molecule has 0 spiro atoms. The predicted molar refractivity (Wildman–Crippen MR) is 85.6 cm³/mol. The number of rotatable bonds is 4. The van der Waals surface area contributed by atoms with Gasteiger partial charge in [-0.15, -0.1) is 0 Å². The molecule has 2 aliphatic rings. The van der Waals surface area contributed by atoms with Gasteiger partial charge >= 0.3 is 0 Å². The maximum atomic E-state index is 12.3. The predicted octanol–water partition coefficient (Wildman–Crippen LogP) is 0.669. The Morgan fingerprint density at radius 2 is 2.04 bits per heavy atom. The number of nitrogens with one attached hydrogen (secondary N) is 1. The molecule has 1 unspecified atom stereocenters. The number of imidazole rings is 1. The van der Waals surface area contributed by atoms with Crippen molar-refractivity contribution in [1.82, 2.24) is 19.2 Å². The van der Waals surface area contributed by atoms with E-state index in [4.69, 9.17) is 11.6 Å². The summed E-state index contributed by atoms with van der Waals surface area (Å²) in [5, 5.41) is -0.470. The van der Waals surface area contributed by atoms with Crippen LogP contribution in [0.2, 0.25) is 5.15 Å². The molecule has 1 aromatic heterocycles. The van der Waals surface area contributed by atoms with E-state index < -0.39 is 26.9 Å². The van der Waals surface area contributed by atoms with Crippen LogP contribution in [0.25, 0.3) is 0 Å². The highest BCUT2D eigenvalue weighted by Gasteiger charge is 2.40. The summed E-state index contributed by atoms with van der Waals surface area (Å²) in [7, 11) is -2.61. The smallest absolute Gasteiger partial charge is 0.284 e. The standard InChI is InChI=1S/C14H19ClN4O4S/c1-18-8-16-14(12(18)15)24(22,23)17-13(21)9-6-11(20)19(7-9)10-4-2-3-5-10/h8-10H,2-7H2,1H3,(H,17,21). The van der Waals surface area contributed by atoms with Crippen molar-refractivity contribution in [3.05, 3.63) is 11.5 Å². The molecule has 132 valence electrons. The second-order valence-corrected chi connectivity index (χ2v) is 8.26. The van der Waals surface area contributed by atoms with Gasteiger partial charge in [-0.3, -0.25) is 9.59 Å². The van der Waals surface area contributed by atoms with Gasteiger partial charge in [-0.05, 0) is 12.8 Å². The number of likely N-dealkylation sites (tertiary alicyclic amines) is 1. The molecule has 3 rings (SSSR count). The number of nitrogens with zero attached hydrogens (tertiary/aromatic N) is 3. The minimum Gasteiger partial charge on any atom is -0.339 e. The fraction of sp³-hybridized carbons (Fsp3) is 0.643. The van der Waals surface area contributed by atoms with Crippen LogP contribution in [-0.2, 0) is 26.7 Å². The summed E-state index contributed by atoms with van der Waals surface area (Å²) in [5.74, 6) is -1.45. The van der Waals surface area contributed by atoms with Gasteiger partial charge < -0.3 is 9.47 Å². The third-order valence-corrected chi connectivity index (χ3v) is 6.45. The van der Waals surface area contributed by atoms with Gasteiger partial charge in [0.2, 0.25) is 16.8 Å². The summed E-state index contributed by atoms with van der Waals surface area (Å²) in [6.45, 7) is 0.265. The fourth-order valence-corrected chi connectivity index (χ4v) is 4.79. The molecule has 0 bridgehead atoms. The SMILES string of the molecule is Cn1cnc(S(=O)(=O)NC(=O)C2CC(=O)N(C3CCCC3)C2)c1Cl. The van der Waals surface area contributed by atoms with Gasteiger partial charge in [-0.1, -0.05) is 24.4 Å². The van der Waals surface area contributed by atoms with Crippen LogP contribution < -0.4 is 4.72 Å². The van der Waals surface area contributed by atoms with E-state index in [2.05, 4.69) is 4.98 Å². The molecule has 10 heteroatoms. The number of hydrogen-bond donors (Lipinski definition) is 1. The van der Waals surface area contributed by atoms with Crippen LogP contribution in [-0.4, -0.2) is 47.3 Å². The van der Waals surface area contributed by atoms with E-state index in [1.165, 1.54) is 10.9 Å². The maximum absolute atomic E-state index is 12.3. The Morgan fingerprint density at radius 3 is 2.62 bits per heavy atom. The highest BCUT2D eigenvalue weighted by atomic mass is 35.5. The van der Waals surface area contributed by atoms with Gasteiger partial charge in [0.15, 0.2) is 0 Å². The van der Waals surface area contributed by atoms with E-state index >= 15 is 0 Å². The van der Waals surface area contributed by atoms with Crippen molar-refractivity contribution in [3.8, 4) is 0 Å². The van der Waals surface area contributed by atoms with E-state index in [1.807, 2.05) is 4.72 Å². The van der Waals surface area contributed by atoms with Crippen molar-refractivity contribution < 1.29 is 18.0 Å². The Kier molecular flexibility index (Phi) is 4.56. The van der Waals surface area contributed by atoms with E-state index in [1.54, 1.807) is 11.9 Å². The summed E-state index contributed by atoms with van der Waals surface area (Å²) in [6.07, 6.45) is 5.34. The summed E-state index contributed by atoms with van der Waals surface area (Å²) < 4.78 is 27.9. The summed E-state index contributed by atoms with van der Waals surface area (Å²) in [5.41, 5.74) is 0. The average Bonchev–Trinajstić information content (AvgIpc) is 3.20. The molecule has 0 aromatic carbocycles. The number of aromatic nitrogens is 2. The number of aryl methyl sites for hydroxylation is 1. The first-order valence-electron chi connectivity index (χ1n) is 7.82. The number of amides is 2. The molecule has 24 heavy (non-hydrogen) atoms. The van der Waals surface area contributed by atoms with E-state index in [-0.39, 0.29) is 30.1 Å². The van der Waals surface area contributed by atoms with E-state index in [0.717, 1.165) is 25.7 Å². The Bertz CT molecular complexity index is 770. The van der Waals surface area contributed by atoms with Crippen molar-refractivity contribution in [2.75, 3.05) is 6.54 Å². The Morgan fingerprint density at radius 1 is 1.38 bits per heavy atom. The molecule has 1 saturated heterocycles. The molecular weight excluding hydrogens is 356 g/mol. The first kappa shape index (κ1) is 17.2. The number of sulfonamides is 1. The van der Waals surface area contributed by atoms with Crippen molar-refractivity contribution in [1.29, 1.82) is 0 Å². The van der Waals surface area contributed by atoms with Crippen LogP contribution in [0, 0.1) is 5.92 Å². The highest BCUT2D eigenvalue weighted by molar-refractivity contribution is 7.90. The molecule has 2 amide bonds. The van der Waals surface area contributed by atoms with Crippen LogP contribution in [0.3, 0.4) is 0 Å². The molecule has 1 aliphatic heterocycles. The number of carbonyl (C=O) groups excluding carboxylic acids is 2. The molecular formula is C14H19ClN4O4S. The maximum Gasteiger partial charge on any atom is 0.284 e. The van der Waals surface area contributed by atoms with Crippen molar-refractivity contribution in [3.63, 3.8) is 0 Å². The molecule has 1 saturated carbocycles. The molecule has 2 heterocycles. The third-order valence-electron chi connectivity index (χ3n) is 4.62. The van der Waals surface area contributed by atoms with Gasteiger partial charge in [0, 0.05) is 26.1 Å². The molecule has 2 fully saturated rings. The van der Waals surface area contributed by atoms with Gasteiger partial charge in [0.1, 0.15) is 5.15 Å². The number of carbonyl (C=O) groups is 2. The lowest BCUT2D eigenvalue weighted by Gasteiger charge is -2.23. The van der Waals surface area contributed by atoms with Crippen molar-refractivity contribution in [2.24, 2.45) is 13.0 Å². The van der Waals surface area contributed by atoms with Crippen LogP contribution in [0.15, 0.2) is 11.4 Å². The first-order valence-corrected chi connectivity index (χ1v) is 9.68. The molecule has 1 aliphatic carbocycles. The number of hydrogen-bond acceptors (Lipinski definition) is 5. The molecule has 1 atom stereocenters.